The number of nitrogens with zero attached hydrogens (tertiary/aromatic N) is 3. The van der Waals surface area contributed by atoms with Crippen molar-refractivity contribution in [3.8, 4) is 0 Å². The molecule has 1 aromatic heterocycles. The number of hydrogen-bond donors (Lipinski definition) is 1. The maximum atomic E-state index is 12.1. The van der Waals surface area contributed by atoms with Crippen molar-refractivity contribution >= 4 is 22.6 Å². The van der Waals surface area contributed by atoms with Gasteiger partial charge in [0.1, 0.15) is 0 Å². The fourth-order valence-electron chi connectivity index (χ4n) is 2.15. The fourth-order valence-corrected chi connectivity index (χ4v) is 2.15. The van der Waals surface area contributed by atoms with Crippen molar-refractivity contribution in [1.82, 2.24) is 15.4 Å². The van der Waals surface area contributed by atoms with Gasteiger partial charge in [0, 0.05) is 19.2 Å². The van der Waals surface area contributed by atoms with Crippen LogP contribution in [-0.4, -0.2) is 47.1 Å². The van der Waals surface area contributed by atoms with Crippen molar-refractivity contribution in [3.05, 3.63) is 34.0 Å². The molecule has 9 heteroatoms. The number of nitro benzene ring substituents is 1. The molecule has 0 aliphatic carbocycles. The van der Waals surface area contributed by atoms with Gasteiger partial charge in [-0.25, -0.2) is 0 Å². The first-order valence-corrected chi connectivity index (χ1v) is 7.11. The molecule has 0 saturated heterocycles. The van der Waals surface area contributed by atoms with Gasteiger partial charge in [-0.15, -0.1) is 0 Å². The van der Waals surface area contributed by atoms with E-state index in [0.29, 0.717) is 11.9 Å². The zero-order valence-electron chi connectivity index (χ0n) is 12.9. The Bertz CT molecular complexity index is 684. The Morgan fingerprint density at radius 3 is 2.70 bits per heavy atom. The van der Waals surface area contributed by atoms with Crippen molar-refractivity contribution in [2.45, 2.75) is 13.8 Å². The van der Waals surface area contributed by atoms with Gasteiger partial charge in [-0.3, -0.25) is 14.9 Å². The number of nitro groups is 1. The molecule has 2 aromatic rings. The van der Waals surface area contributed by atoms with E-state index in [0.717, 1.165) is 19.6 Å². The summed E-state index contributed by atoms with van der Waals surface area (Å²) in [7, 11) is 0. The Morgan fingerprint density at radius 1 is 1.39 bits per heavy atom. The maximum absolute atomic E-state index is 12.1. The number of carbonyl (C=O) groups excluding carboxylic acids is 1. The van der Waals surface area contributed by atoms with Crippen LogP contribution in [0.15, 0.2) is 22.7 Å². The molecule has 0 atom stereocenters. The van der Waals surface area contributed by atoms with Crippen LogP contribution in [0.2, 0.25) is 0 Å². The number of rotatable bonds is 7. The molecule has 126 valence electrons. The number of likely N-dealkylation sites (N-methyl/N-ethyl adjacent to an activating group) is 1. The van der Waals surface area contributed by atoms with Crippen LogP contribution >= 0.6 is 0 Å². The highest BCUT2D eigenvalue weighted by molar-refractivity contribution is 6.04. The molecule has 0 saturated carbocycles. The lowest BCUT2D eigenvalue weighted by Gasteiger charge is -2.17. The third-order valence-electron chi connectivity index (χ3n) is 3.49. The third-order valence-corrected chi connectivity index (χ3v) is 3.49. The van der Waals surface area contributed by atoms with E-state index < -0.39 is 4.92 Å². The quantitative estimate of drug-likeness (QED) is 0.502. The largest absolute Gasteiger partial charge is 1.00 e. The molecule has 0 fully saturated rings. The van der Waals surface area contributed by atoms with Gasteiger partial charge in [0.2, 0.25) is 0 Å². The summed E-state index contributed by atoms with van der Waals surface area (Å²) in [6, 6.07) is 4.06. The van der Waals surface area contributed by atoms with Gasteiger partial charge in [0.15, 0.2) is 11.3 Å². The summed E-state index contributed by atoms with van der Waals surface area (Å²) in [4.78, 5) is 24.5. The van der Waals surface area contributed by atoms with E-state index in [9.17, 15) is 14.9 Å². The minimum Gasteiger partial charge on any atom is -1.00 e. The number of benzene rings is 1. The van der Waals surface area contributed by atoms with Crippen LogP contribution in [0.25, 0.3) is 11.0 Å². The van der Waals surface area contributed by atoms with E-state index >= 15 is 0 Å². The monoisotopic (exact) mass is 341 g/mol. The minimum absolute atomic E-state index is 0. The van der Waals surface area contributed by atoms with E-state index in [1.54, 1.807) is 0 Å². The Labute approximate surface area is 139 Å². The molecule has 0 radical (unpaired) electrons. The standard InChI is InChI=1S/C14H18N4O4.ClH/c1-3-17(4-2)8-7-15-14(19)13-11-6-5-10(18(20)21)9-12(11)22-16-13;/h5-6,9H,3-4,7-8H2,1-2H3,(H,15,19);1H/p-1. The minimum atomic E-state index is -0.522. The Kier molecular flexibility index (Phi) is 6.92. The van der Waals surface area contributed by atoms with Gasteiger partial charge in [-0.2, -0.15) is 0 Å². The lowest BCUT2D eigenvalue weighted by molar-refractivity contribution is -0.384. The van der Waals surface area contributed by atoms with E-state index in [-0.39, 0.29) is 35.3 Å². The van der Waals surface area contributed by atoms with E-state index in [2.05, 4.69) is 29.2 Å². The predicted octanol–water partition coefficient (Wildman–Crippen LogP) is -1.19. The highest BCUT2D eigenvalue weighted by atomic mass is 35.5. The first-order valence-electron chi connectivity index (χ1n) is 7.11. The van der Waals surface area contributed by atoms with Crippen molar-refractivity contribution in [1.29, 1.82) is 0 Å². The van der Waals surface area contributed by atoms with Gasteiger partial charge in [-0.05, 0) is 19.2 Å². The molecule has 0 aliphatic rings. The number of carbonyl (C=O) groups is 1. The van der Waals surface area contributed by atoms with Gasteiger partial charge in [-0.1, -0.05) is 19.0 Å². The van der Waals surface area contributed by atoms with Crippen LogP contribution in [-0.2, 0) is 0 Å². The first-order chi connectivity index (χ1) is 10.6. The normalized spacial score (nSPS) is 10.6. The maximum Gasteiger partial charge on any atom is 0.274 e. The van der Waals surface area contributed by atoms with Gasteiger partial charge >= 0.3 is 0 Å². The predicted molar refractivity (Wildman–Crippen MR) is 80.8 cm³/mol. The topological polar surface area (TPSA) is 102 Å². The lowest BCUT2D eigenvalue weighted by atomic mass is 10.2. The Morgan fingerprint density at radius 2 is 2.09 bits per heavy atom. The smallest absolute Gasteiger partial charge is 0.274 e. The summed E-state index contributed by atoms with van der Waals surface area (Å²) in [6.07, 6.45) is 0. The van der Waals surface area contributed by atoms with Crippen LogP contribution in [0.4, 0.5) is 5.69 Å². The van der Waals surface area contributed by atoms with Crippen molar-refractivity contribution in [2.75, 3.05) is 26.2 Å². The Balaban J connectivity index is 0.00000264. The number of halogens is 1. The third kappa shape index (κ3) is 4.40. The van der Waals surface area contributed by atoms with Crippen molar-refractivity contribution in [3.63, 3.8) is 0 Å². The number of aromatic nitrogens is 1. The summed E-state index contributed by atoms with van der Waals surface area (Å²) in [5, 5.41) is 17.7. The molecule has 8 nitrogen and oxygen atoms in total. The zero-order valence-corrected chi connectivity index (χ0v) is 13.7. The summed E-state index contributed by atoms with van der Waals surface area (Å²) in [6.45, 7) is 7.21. The number of hydrogen-bond acceptors (Lipinski definition) is 6. The number of non-ortho nitro benzene ring substituents is 1. The molecule has 1 heterocycles. The van der Waals surface area contributed by atoms with Crippen LogP contribution in [0.5, 0.6) is 0 Å². The van der Waals surface area contributed by atoms with Crippen molar-refractivity contribution < 1.29 is 26.6 Å². The van der Waals surface area contributed by atoms with Crippen LogP contribution in [0, 0.1) is 10.1 Å². The molecule has 0 aliphatic heterocycles. The molecule has 1 aromatic carbocycles. The second-order valence-corrected chi connectivity index (χ2v) is 4.75. The summed E-state index contributed by atoms with van der Waals surface area (Å²) >= 11 is 0. The van der Waals surface area contributed by atoms with Gasteiger partial charge in [0.05, 0.1) is 16.4 Å². The molecule has 1 N–H and O–H groups in total. The summed E-state index contributed by atoms with van der Waals surface area (Å²) < 4.78 is 5.01. The average Bonchev–Trinajstić information content (AvgIpc) is 2.94. The lowest BCUT2D eigenvalue weighted by Crippen LogP contribution is -3.00. The number of amides is 1. The first kappa shape index (κ1) is 18.9. The van der Waals surface area contributed by atoms with Crippen LogP contribution in [0.1, 0.15) is 24.3 Å². The molecule has 0 spiro atoms. The molecule has 0 bridgehead atoms. The van der Waals surface area contributed by atoms with Crippen molar-refractivity contribution in [2.24, 2.45) is 0 Å². The molecular formula is C14H18ClN4O4-. The SMILES string of the molecule is CCN(CC)CCNC(=O)c1noc2cc([N+](=O)[O-])ccc12.[Cl-]. The van der Waals surface area contributed by atoms with Gasteiger partial charge < -0.3 is 27.1 Å². The summed E-state index contributed by atoms with van der Waals surface area (Å²) in [5.74, 6) is -0.347. The zero-order chi connectivity index (χ0) is 16.1. The number of fused-ring (bicyclic) bond motifs is 1. The molecule has 1 amide bonds. The molecule has 0 unspecified atom stereocenters. The van der Waals surface area contributed by atoms with E-state index in [1.165, 1.54) is 18.2 Å². The Hall–Kier alpha value is -2.19. The van der Waals surface area contributed by atoms with E-state index in [1.807, 2.05) is 0 Å². The molecule has 23 heavy (non-hydrogen) atoms. The summed E-state index contributed by atoms with van der Waals surface area (Å²) in [5.41, 5.74) is 0.268. The fraction of sp³-hybridized carbons (Fsp3) is 0.429. The molecular weight excluding hydrogens is 324 g/mol. The van der Waals surface area contributed by atoms with Crippen LogP contribution in [0.3, 0.4) is 0 Å². The molecule has 2 rings (SSSR count). The second kappa shape index (κ2) is 8.44. The van der Waals surface area contributed by atoms with E-state index in [4.69, 9.17) is 4.52 Å². The second-order valence-electron chi connectivity index (χ2n) is 4.75. The van der Waals surface area contributed by atoms with Crippen LogP contribution < -0.4 is 17.7 Å². The van der Waals surface area contributed by atoms with Gasteiger partial charge in [0.25, 0.3) is 11.6 Å². The number of nitrogens with one attached hydrogen (secondary N) is 1. The average molecular weight is 342 g/mol. The highest BCUT2D eigenvalue weighted by Crippen LogP contribution is 2.23. The highest BCUT2D eigenvalue weighted by Gasteiger charge is 2.18.